The van der Waals surface area contributed by atoms with Crippen molar-refractivity contribution in [3.63, 3.8) is 0 Å². The second-order valence-corrected chi connectivity index (χ2v) is 9.49. The summed E-state index contributed by atoms with van der Waals surface area (Å²) in [6, 6.07) is 15.8. The first-order valence-corrected chi connectivity index (χ1v) is 11.2. The molecule has 3 rings (SSSR count). The van der Waals surface area contributed by atoms with E-state index in [9.17, 15) is 19.5 Å². The highest BCUT2D eigenvalue weighted by molar-refractivity contribution is 5.80. The molecule has 0 saturated heterocycles. The molecule has 7 nitrogen and oxygen atoms in total. The third-order valence-corrected chi connectivity index (χ3v) is 6.16. The van der Waals surface area contributed by atoms with E-state index in [1.54, 1.807) is 13.8 Å². The van der Waals surface area contributed by atoms with Crippen LogP contribution >= 0.6 is 0 Å². The van der Waals surface area contributed by atoms with Crippen LogP contribution in [0, 0.1) is 11.3 Å². The van der Waals surface area contributed by atoms with Gasteiger partial charge in [-0.1, -0.05) is 62.4 Å². The molecule has 2 aromatic rings. The van der Waals surface area contributed by atoms with E-state index in [2.05, 4.69) is 34.9 Å². The quantitative estimate of drug-likeness (QED) is 0.530. The first-order valence-electron chi connectivity index (χ1n) is 11.2. The van der Waals surface area contributed by atoms with Crippen molar-refractivity contribution < 1.29 is 24.2 Å². The number of carboxylic acids is 1. The fourth-order valence-electron chi connectivity index (χ4n) is 3.91. The monoisotopic (exact) mass is 452 g/mol. The molecule has 1 aliphatic carbocycles. The number of alkyl carbamates (subject to hydrolysis) is 1. The van der Waals surface area contributed by atoms with Crippen LogP contribution in [0.15, 0.2) is 48.5 Å². The molecule has 0 heterocycles. The van der Waals surface area contributed by atoms with Gasteiger partial charge in [0.1, 0.15) is 6.61 Å². The molecule has 0 bridgehead atoms. The Balaban J connectivity index is 1.58. The Morgan fingerprint density at radius 2 is 1.55 bits per heavy atom. The molecule has 0 saturated carbocycles. The number of fused-ring (bicyclic) bond motifs is 3. The molecular weight excluding hydrogens is 420 g/mol. The number of carboxylic acid groups (broad SMARTS) is 1. The van der Waals surface area contributed by atoms with Gasteiger partial charge in [0, 0.05) is 24.9 Å². The zero-order valence-electron chi connectivity index (χ0n) is 19.6. The van der Waals surface area contributed by atoms with E-state index in [1.807, 2.05) is 38.1 Å². The number of aliphatic carboxylic acids is 1. The molecule has 0 spiro atoms. The van der Waals surface area contributed by atoms with Gasteiger partial charge in [0.15, 0.2) is 0 Å². The Morgan fingerprint density at radius 1 is 1.00 bits per heavy atom. The molecule has 0 aromatic heterocycles. The fraction of sp³-hybridized carbons (Fsp3) is 0.423. The number of hydrogen-bond acceptors (Lipinski definition) is 4. The predicted molar refractivity (Wildman–Crippen MR) is 126 cm³/mol. The molecule has 7 heteroatoms. The molecule has 176 valence electrons. The summed E-state index contributed by atoms with van der Waals surface area (Å²) in [7, 11) is 0. The maximum Gasteiger partial charge on any atom is 0.407 e. The van der Waals surface area contributed by atoms with Gasteiger partial charge in [-0.3, -0.25) is 9.59 Å². The Morgan fingerprint density at radius 3 is 2.06 bits per heavy atom. The second kappa shape index (κ2) is 10.1. The summed E-state index contributed by atoms with van der Waals surface area (Å²) in [5, 5.41) is 14.6. The molecule has 2 amide bonds. The smallest absolute Gasteiger partial charge is 0.407 e. The van der Waals surface area contributed by atoms with E-state index in [1.165, 1.54) is 0 Å². The van der Waals surface area contributed by atoms with Gasteiger partial charge in [0.2, 0.25) is 5.91 Å². The van der Waals surface area contributed by atoms with Crippen molar-refractivity contribution in [1.82, 2.24) is 10.6 Å². The van der Waals surface area contributed by atoms with Crippen LogP contribution in [0.25, 0.3) is 11.1 Å². The lowest BCUT2D eigenvalue weighted by Crippen LogP contribution is -2.45. The van der Waals surface area contributed by atoms with E-state index in [4.69, 9.17) is 4.74 Å². The minimum Gasteiger partial charge on any atom is -0.481 e. The van der Waals surface area contributed by atoms with Crippen molar-refractivity contribution in [2.24, 2.45) is 11.3 Å². The van der Waals surface area contributed by atoms with E-state index < -0.39 is 23.5 Å². The van der Waals surface area contributed by atoms with Crippen LogP contribution in [0.2, 0.25) is 0 Å². The third kappa shape index (κ3) is 5.72. The average Bonchev–Trinajstić information content (AvgIpc) is 3.09. The summed E-state index contributed by atoms with van der Waals surface area (Å²) in [4.78, 5) is 36.2. The van der Waals surface area contributed by atoms with Crippen molar-refractivity contribution in [3.8, 4) is 11.1 Å². The highest BCUT2D eigenvalue weighted by Gasteiger charge is 2.30. The van der Waals surface area contributed by atoms with E-state index in [0.717, 1.165) is 22.3 Å². The van der Waals surface area contributed by atoms with Crippen LogP contribution in [-0.2, 0) is 14.3 Å². The molecular formula is C26H32N2O5. The van der Waals surface area contributed by atoms with Gasteiger partial charge in [-0.25, -0.2) is 4.79 Å². The SMILES string of the molecule is CC(C)[C@@H](CC(=O)NCC(C)(C)C(=O)O)NC(=O)OCC1c2ccccc2-c2ccccc21. The van der Waals surface area contributed by atoms with Crippen molar-refractivity contribution in [2.75, 3.05) is 13.2 Å². The van der Waals surface area contributed by atoms with Gasteiger partial charge in [0.05, 0.1) is 5.41 Å². The van der Waals surface area contributed by atoms with Crippen LogP contribution in [0.5, 0.6) is 0 Å². The van der Waals surface area contributed by atoms with Crippen LogP contribution in [-0.4, -0.2) is 42.3 Å². The van der Waals surface area contributed by atoms with Gasteiger partial charge in [-0.15, -0.1) is 0 Å². The predicted octanol–water partition coefficient (Wildman–Crippen LogP) is 4.17. The standard InChI is InChI=1S/C26H32N2O5/c1-16(2)22(13-23(29)27-15-26(3,4)24(30)31)28-25(32)33-14-21-19-11-7-5-9-17(19)18-10-6-8-12-20(18)21/h5-12,16,21-22H,13-15H2,1-4H3,(H,27,29)(H,28,32)(H,30,31)/t22-/m1/s1. The first-order chi connectivity index (χ1) is 15.6. The number of rotatable bonds is 9. The molecule has 0 aliphatic heterocycles. The Bertz CT molecular complexity index is 985. The second-order valence-electron chi connectivity index (χ2n) is 9.49. The van der Waals surface area contributed by atoms with Crippen molar-refractivity contribution in [1.29, 1.82) is 0 Å². The van der Waals surface area contributed by atoms with E-state index >= 15 is 0 Å². The van der Waals surface area contributed by atoms with Crippen LogP contribution < -0.4 is 10.6 Å². The fourth-order valence-corrected chi connectivity index (χ4v) is 3.91. The number of carbonyl (C=O) groups is 3. The molecule has 0 unspecified atom stereocenters. The Labute approximate surface area is 194 Å². The van der Waals surface area contributed by atoms with Crippen LogP contribution in [0.4, 0.5) is 4.79 Å². The Kier molecular flexibility index (Phi) is 7.41. The number of hydrogen-bond donors (Lipinski definition) is 3. The van der Waals surface area contributed by atoms with E-state index in [-0.39, 0.29) is 37.3 Å². The number of benzene rings is 2. The van der Waals surface area contributed by atoms with Gasteiger partial charge in [-0.2, -0.15) is 0 Å². The van der Waals surface area contributed by atoms with Crippen molar-refractivity contribution in [3.05, 3.63) is 59.7 Å². The van der Waals surface area contributed by atoms with Gasteiger partial charge < -0.3 is 20.5 Å². The highest BCUT2D eigenvalue weighted by atomic mass is 16.5. The largest absolute Gasteiger partial charge is 0.481 e. The van der Waals surface area contributed by atoms with E-state index in [0.29, 0.717) is 0 Å². The summed E-state index contributed by atoms with van der Waals surface area (Å²) < 4.78 is 5.59. The lowest BCUT2D eigenvalue weighted by atomic mass is 9.93. The zero-order valence-corrected chi connectivity index (χ0v) is 19.6. The van der Waals surface area contributed by atoms with Gasteiger partial charge >= 0.3 is 12.1 Å². The molecule has 3 N–H and O–H groups in total. The maximum absolute atomic E-state index is 12.6. The third-order valence-electron chi connectivity index (χ3n) is 6.16. The number of nitrogens with one attached hydrogen (secondary N) is 2. The zero-order chi connectivity index (χ0) is 24.2. The summed E-state index contributed by atoms with van der Waals surface area (Å²) in [5.74, 6) is -1.35. The summed E-state index contributed by atoms with van der Waals surface area (Å²) in [6.07, 6.45) is -0.536. The maximum atomic E-state index is 12.6. The minimum absolute atomic E-state index is 0.0104. The topological polar surface area (TPSA) is 105 Å². The molecule has 33 heavy (non-hydrogen) atoms. The van der Waals surface area contributed by atoms with Crippen LogP contribution in [0.3, 0.4) is 0 Å². The Hall–Kier alpha value is -3.35. The highest BCUT2D eigenvalue weighted by Crippen LogP contribution is 2.44. The van der Waals surface area contributed by atoms with Crippen molar-refractivity contribution >= 4 is 18.0 Å². The molecule has 1 atom stereocenters. The molecule has 0 fully saturated rings. The average molecular weight is 453 g/mol. The molecule has 0 radical (unpaired) electrons. The van der Waals surface area contributed by atoms with Gasteiger partial charge in [-0.05, 0) is 42.0 Å². The molecule has 1 aliphatic rings. The number of amides is 2. The van der Waals surface area contributed by atoms with Gasteiger partial charge in [0.25, 0.3) is 0 Å². The summed E-state index contributed by atoms with van der Waals surface area (Å²) in [5.41, 5.74) is 3.51. The first kappa shape index (κ1) is 24.3. The summed E-state index contributed by atoms with van der Waals surface area (Å²) in [6.45, 7) is 7.11. The van der Waals surface area contributed by atoms with Crippen molar-refractivity contribution in [2.45, 2.75) is 46.1 Å². The number of carbonyl (C=O) groups excluding carboxylic acids is 2. The lowest BCUT2D eigenvalue weighted by molar-refractivity contribution is -0.146. The minimum atomic E-state index is -1.07. The number of ether oxygens (including phenoxy) is 1. The lowest BCUT2D eigenvalue weighted by Gasteiger charge is -2.24. The van der Waals surface area contributed by atoms with Crippen LogP contribution in [0.1, 0.15) is 51.2 Å². The normalized spacial score (nSPS) is 13.7. The molecule has 2 aromatic carbocycles. The summed E-state index contributed by atoms with van der Waals surface area (Å²) >= 11 is 0.